The predicted molar refractivity (Wildman–Crippen MR) is 83.0 cm³/mol. The Balaban J connectivity index is 1.98. The molecule has 1 aliphatic rings. The average Bonchev–Trinajstić information content (AvgIpc) is 2.48. The Bertz CT molecular complexity index is 618. The lowest BCUT2D eigenvalue weighted by Crippen LogP contribution is -2.21. The summed E-state index contributed by atoms with van der Waals surface area (Å²) in [6.45, 7) is 0.848. The van der Waals surface area contributed by atoms with Crippen LogP contribution in [0.4, 0.5) is 5.69 Å². The largest absolute Gasteiger partial charge is 0.342 e. The van der Waals surface area contributed by atoms with Crippen molar-refractivity contribution in [1.82, 2.24) is 4.98 Å². The summed E-state index contributed by atoms with van der Waals surface area (Å²) in [5.41, 5.74) is 3.28. The highest BCUT2D eigenvalue weighted by molar-refractivity contribution is 9.11. The van der Waals surface area contributed by atoms with Crippen LogP contribution in [0.5, 0.6) is 0 Å². The third-order valence-corrected chi connectivity index (χ3v) is 3.46. The van der Waals surface area contributed by atoms with Gasteiger partial charge in [-0.3, -0.25) is 4.98 Å². The Labute approximate surface area is 121 Å². The van der Waals surface area contributed by atoms with E-state index in [0.29, 0.717) is 0 Å². The van der Waals surface area contributed by atoms with Crippen molar-refractivity contribution in [3.8, 4) is 0 Å². The molecule has 0 bridgehead atoms. The van der Waals surface area contributed by atoms with E-state index in [1.54, 1.807) is 0 Å². The molecule has 0 saturated heterocycles. The highest BCUT2D eigenvalue weighted by Crippen LogP contribution is 2.28. The molecule has 1 aromatic carbocycles. The molecule has 0 amide bonds. The van der Waals surface area contributed by atoms with Gasteiger partial charge in [-0.25, -0.2) is 0 Å². The van der Waals surface area contributed by atoms with Gasteiger partial charge >= 0.3 is 0 Å². The van der Waals surface area contributed by atoms with Crippen LogP contribution in [0, 0.1) is 0 Å². The summed E-state index contributed by atoms with van der Waals surface area (Å²) in [6, 6.07) is 16.3. The fourth-order valence-corrected chi connectivity index (χ4v) is 2.60. The summed E-state index contributed by atoms with van der Waals surface area (Å²) in [5.74, 6) is 0. The summed E-state index contributed by atoms with van der Waals surface area (Å²) in [7, 11) is 0. The minimum atomic E-state index is 0.848. The van der Waals surface area contributed by atoms with Gasteiger partial charge in [0.15, 0.2) is 0 Å². The lowest BCUT2D eigenvalue weighted by molar-refractivity contribution is 1.06. The molecule has 0 N–H and O–H groups in total. The number of pyridine rings is 1. The predicted octanol–water partition coefficient (Wildman–Crippen LogP) is 4.22. The van der Waals surface area contributed by atoms with Crippen LogP contribution in [0.2, 0.25) is 0 Å². The van der Waals surface area contributed by atoms with E-state index in [0.717, 1.165) is 22.3 Å². The number of rotatable bonds is 2. The standard InChI is InChI=1S/C16H13BrN2/c17-14-10-13(16-8-4-5-9-18-16)11-19(12-14)15-6-2-1-3-7-15/h1-11H,12H2. The molecule has 2 heterocycles. The molecule has 94 valence electrons. The Morgan fingerprint density at radius 1 is 1.00 bits per heavy atom. The van der Waals surface area contributed by atoms with Crippen LogP contribution in [0.25, 0.3) is 5.57 Å². The molecule has 2 aromatic rings. The Hall–Kier alpha value is -1.87. The van der Waals surface area contributed by atoms with Crippen molar-refractivity contribution in [2.75, 3.05) is 11.4 Å². The van der Waals surface area contributed by atoms with Crippen LogP contribution in [-0.2, 0) is 0 Å². The number of halogens is 1. The first kappa shape index (κ1) is 12.2. The number of hydrogen-bond acceptors (Lipinski definition) is 2. The van der Waals surface area contributed by atoms with E-state index in [4.69, 9.17) is 0 Å². The van der Waals surface area contributed by atoms with Gasteiger partial charge in [0.2, 0.25) is 0 Å². The summed E-state index contributed by atoms with van der Waals surface area (Å²) >= 11 is 3.61. The van der Waals surface area contributed by atoms with Gasteiger partial charge in [0.25, 0.3) is 0 Å². The smallest absolute Gasteiger partial charge is 0.0716 e. The molecule has 0 saturated carbocycles. The van der Waals surface area contributed by atoms with Crippen molar-refractivity contribution < 1.29 is 0 Å². The fraction of sp³-hybridized carbons (Fsp3) is 0.0625. The molecule has 3 rings (SSSR count). The molecule has 0 atom stereocenters. The molecule has 0 unspecified atom stereocenters. The van der Waals surface area contributed by atoms with Crippen LogP contribution in [-0.4, -0.2) is 11.5 Å². The molecular formula is C16H13BrN2. The van der Waals surface area contributed by atoms with Crippen LogP contribution in [0.15, 0.2) is 71.5 Å². The second-order valence-electron chi connectivity index (χ2n) is 4.35. The number of benzene rings is 1. The highest BCUT2D eigenvalue weighted by Gasteiger charge is 2.13. The first-order valence-corrected chi connectivity index (χ1v) is 6.93. The van der Waals surface area contributed by atoms with Gasteiger partial charge in [-0.05, 0) is 30.3 Å². The van der Waals surface area contributed by atoms with E-state index >= 15 is 0 Å². The zero-order valence-electron chi connectivity index (χ0n) is 10.3. The van der Waals surface area contributed by atoms with Crippen LogP contribution in [0.1, 0.15) is 5.69 Å². The third-order valence-electron chi connectivity index (χ3n) is 2.98. The molecule has 0 spiro atoms. The maximum absolute atomic E-state index is 4.40. The third kappa shape index (κ3) is 2.76. The van der Waals surface area contributed by atoms with Gasteiger partial charge in [0.1, 0.15) is 0 Å². The molecule has 0 aliphatic carbocycles. The SMILES string of the molecule is BrC1=CC(c2ccccn2)=CN(c2ccccc2)C1. The maximum Gasteiger partial charge on any atom is 0.0716 e. The Morgan fingerprint density at radius 2 is 1.79 bits per heavy atom. The number of aromatic nitrogens is 1. The van der Waals surface area contributed by atoms with Crippen molar-refractivity contribution in [3.05, 3.63) is 77.2 Å². The lowest BCUT2D eigenvalue weighted by Gasteiger charge is -2.25. The Kier molecular flexibility index (Phi) is 3.47. The topological polar surface area (TPSA) is 16.1 Å². The van der Waals surface area contributed by atoms with Gasteiger partial charge in [0.05, 0.1) is 12.2 Å². The van der Waals surface area contributed by atoms with Gasteiger partial charge < -0.3 is 4.90 Å². The van der Waals surface area contributed by atoms with Crippen molar-refractivity contribution in [3.63, 3.8) is 0 Å². The van der Waals surface area contributed by atoms with Gasteiger partial charge in [-0.2, -0.15) is 0 Å². The fourth-order valence-electron chi connectivity index (χ4n) is 2.09. The zero-order valence-corrected chi connectivity index (χ0v) is 11.9. The molecular weight excluding hydrogens is 300 g/mol. The number of hydrogen-bond donors (Lipinski definition) is 0. The number of anilines is 1. The monoisotopic (exact) mass is 312 g/mol. The van der Waals surface area contributed by atoms with Crippen LogP contribution < -0.4 is 4.90 Å². The minimum absolute atomic E-state index is 0.848. The van der Waals surface area contributed by atoms with Crippen molar-refractivity contribution >= 4 is 27.2 Å². The quantitative estimate of drug-likeness (QED) is 0.825. The molecule has 19 heavy (non-hydrogen) atoms. The second-order valence-corrected chi connectivity index (χ2v) is 5.37. The first-order valence-electron chi connectivity index (χ1n) is 6.14. The molecule has 0 fully saturated rings. The normalized spacial score (nSPS) is 14.9. The minimum Gasteiger partial charge on any atom is -0.342 e. The number of allylic oxidation sites excluding steroid dienone is 2. The zero-order chi connectivity index (χ0) is 13.1. The number of para-hydroxylation sites is 1. The van der Waals surface area contributed by atoms with Gasteiger partial charge in [-0.15, -0.1) is 0 Å². The average molecular weight is 313 g/mol. The molecule has 0 radical (unpaired) electrons. The van der Waals surface area contributed by atoms with Crippen molar-refractivity contribution in [2.45, 2.75) is 0 Å². The second kappa shape index (κ2) is 5.41. The van der Waals surface area contributed by atoms with E-state index in [1.165, 1.54) is 5.69 Å². The van der Waals surface area contributed by atoms with Crippen LogP contribution in [0.3, 0.4) is 0 Å². The van der Waals surface area contributed by atoms with E-state index in [-0.39, 0.29) is 0 Å². The summed E-state index contributed by atoms with van der Waals surface area (Å²) in [4.78, 5) is 6.62. The van der Waals surface area contributed by atoms with Crippen molar-refractivity contribution in [1.29, 1.82) is 0 Å². The molecule has 1 aromatic heterocycles. The molecule has 3 heteroatoms. The summed E-state index contributed by atoms with van der Waals surface area (Å²) in [6.07, 6.45) is 6.09. The number of nitrogens with zero attached hydrogens (tertiary/aromatic N) is 2. The lowest BCUT2D eigenvalue weighted by atomic mass is 10.1. The summed E-state index contributed by atoms with van der Waals surface area (Å²) in [5, 5.41) is 0. The van der Waals surface area contributed by atoms with Gasteiger partial charge in [-0.1, -0.05) is 40.2 Å². The highest BCUT2D eigenvalue weighted by atomic mass is 79.9. The van der Waals surface area contributed by atoms with E-state index in [2.05, 4.69) is 62.4 Å². The summed E-state index contributed by atoms with van der Waals surface area (Å²) < 4.78 is 1.15. The van der Waals surface area contributed by atoms with Gasteiger partial charge in [0, 0.05) is 28.1 Å². The van der Waals surface area contributed by atoms with E-state index < -0.39 is 0 Å². The van der Waals surface area contributed by atoms with Crippen LogP contribution >= 0.6 is 15.9 Å². The Morgan fingerprint density at radius 3 is 2.53 bits per heavy atom. The van der Waals surface area contributed by atoms with Crippen molar-refractivity contribution in [2.24, 2.45) is 0 Å². The van der Waals surface area contributed by atoms with E-state index in [9.17, 15) is 0 Å². The first-order chi connectivity index (χ1) is 9.33. The maximum atomic E-state index is 4.40. The van der Waals surface area contributed by atoms with E-state index in [1.807, 2.05) is 30.5 Å². The molecule has 2 nitrogen and oxygen atoms in total. The molecule has 1 aliphatic heterocycles.